The lowest BCUT2D eigenvalue weighted by molar-refractivity contribution is 0.631. The molecule has 0 bridgehead atoms. The summed E-state index contributed by atoms with van der Waals surface area (Å²) in [6.07, 6.45) is 2.30. The normalized spacial score (nSPS) is 11.3. The molecule has 0 atom stereocenters. The highest BCUT2D eigenvalue weighted by Crippen LogP contribution is 2.39. The van der Waals surface area contributed by atoms with Crippen molar-refractivity contribution in [1.82, 2.24) is 0 Å². The molecule has 0 spiro atoms. The zero-order valence-electron chi connectivity index (χ0n) is 10.4. The molecule has 0 N–H and O–H groups in total. The van der Waals surface area contributed by atoms with Gasteiger partial charge < -0.3 is 0 Å². The molecule has 1 aromatic carbocycles. The number of aryl methyl sites for hydroxylation is 1. The van der Waals surface area contributed by atoms with Gasteiger partial charge in [-0.15, -0.1) is 22.7 Å². The standard InChI is InChI=1S/C15H12BrFS2/c1-2-3-10-7-14-15(18-10)8-13(19-14)11-5-4-9(16)6-12(11)17/h4-8H,2-3H2,1H3. The quantitative estimate of drug-likeness (QED) is 0.504. The van der Waals surface area contributed by atoms with E-state index in [1.807, 2.05) is 23.5 Å². The Kier molecular flexibility index (Phi) is 3.74. The fourth-order valence-corrected chi connectivity index (χ4v) is 4.96. The van der Waals surface area contributed by atoms with Crippen molar-refractivity contribution in [1.29, 1.82) is 0 Å². The molecule has 0 radical (unpaired) electrons. The summed E-state index contributed by atoms with van der Waals surface area (Å²) in [5.41, 5.74) is 0.689. The fourth-order valence-electron chi connectivity index (χ4n) is 2.08. The maximum atomic E-state index is 14.0. The number of thiophene rings is 2. The molecule has 3 aromatic rings. The van der Waals surface area contributed by atoms with Crippen LogP contribution in [0.1, 0.15) is 18.2 Å². The molecule has 0 saturated heterocycles. The van der Waals surface area contributed by atoms with Crippen LogP contribution in [0.3, 0.4) is 0 Å². The average molecular weight is 355 g/mol. The lowest BCUT2D eigenvalue weighted by atomic mass is 10.2. The summed E-state index contributed by atoms with van der Waals surface area (Å²) >= 11 is 6.79. The minimum Gasteiger partial charge on any atom is -0.206 e. The van der Waals surface area contributed by atoms with E-state index in [-0.39, 0.29) is 5.82 Å². The van der Waals surface area contributed by atoms with Gasteiger partial charge >= 0.3 is 0 Å². The van der Waals surface area contributed by atoms with Crippen molar-refractivity contribution in [2.24, 2.45) is 0 Å². The summed E-state index contributed by atoms with van der Waals surface area (Å²) in [7, 11) is 0. The van der Waals surface area contributed by atoms with Crippen LogP contribution < -0.4 is 0 Å². The van der Waals surface area contributed by atoms with Crippen molar-refractivity contribution >= 4 is 48.0 Å². The van der Waals surface area contributed by atoms with Gasteiger partial charge in [-0.3, -0.25) is 0 Å². The van der Waals surface area contributed by atoms with Gasteiger partial charge in [-0.25, -0.2) is 4.39 Å². The van der Waals surface area contributed by atoms with Crippen molar-refractivity contribution in [2.75, 3.05) is 0 Å². The van der Waals surface area contributed by atoms with E-state index in [1.165, 1.54) is 26.8 Å². The maximum Gasteiger partial charge on any atom is 0.132 e. The molecule has 0 aliphatic heterocycles. The van der Waals surface area contributed by atoms with Gasteiger partial charge in [0.1, 0.15) is 5.82 Å². The third-order valence-electron chi connectivity index (χ3n) is 2.95. The van der Waals surface area contributed by atoms with E-state index in [0.717, 1.165) is 15.8 Å². The average Bonchev–Trinajstić information content (AvgIpc) is 2.87. The van der Waals surface area contributed by atoms with Gasteiger partial charge in [-0.05, 0) is 36.8 Å². The summed E-state index contributed by atoms with van der Waals surface area (Å²) in [6, 6.07) is 9.59. The Labute approximate surface area is 128 Å². The Balaban J connectivity index is 2.03. The highest BCUT2D eigenvalue weighted by atomic mass is 79.9. The largest absolute Gasteiger partial charge is 0.206 e. The number of hydrogen-bond donors (Lipinski definition) is 0. The number of fused-ring (bicyclic) bond motifs is 1. The first-order valence-electron chi connectivity index (χ1n) is 6.15. The SMILES string of the molecule is CCCc1cc2sc(-c3ccc(Br)cc3F)cc2s1. The molecule has 0 saturated carbocycles. The van der Waals surface area contributed by atoms with Gasteiger partial charge in [0.25, 0.3) is 0 Å². The van der Waals surface area contributed by atoms with Gasteiger partial charge in [-0.1, -0.05) is 29.3 Å². The molecule has 0 amide bonds. The zero-order valence-corrected chi connectivity index (χ0v) is 13.6. The smallest absolute Gasteiger partial charge is 0.132 e. The van der Waals surface area contributed by atoms with E-state index in [4.69, 9.17) is 0 Å². The van der Waals surface area contributed by atoms with Crippen LogP contribution in [0.25, 0.3) is 19.8 Å². The first-order chi connectivity index (χ1) is 9.17. The Morgan fingerprint density at radius 1 is 1.11 bits per heavy atom. The molecule has 0 unspecified atom stereocenters. The van der Waals surface area contributed by atoms with Crippen LogP contribution in [-0.2, 0) is 6.42 Å². The minimum absolute atomic E-state index is 0.169. The van der Waals surface area contributed by atoms with E-state index in [0.29, 0.717) is 5.56 Å². The van der Waals surface area contributed by atoms with Crippen LogP contribution in [0.5, 0.6) is 0 Å². The molecule has 4 heteroatoms. The van der Waals surface area contributed by atoms with Gasteiger partial charge in [0.15, 0.2) is 0 Å². The van der Waals surface area contributed by atoms with Crippen LogP contribution >= 0.6 is 38.6 Å². The lowest BCUT2D eigenvalue weighted by Crippen LogP contribution is -1.80. The van der Waals surface area contributed by atoms with Crippen LogP contribution in [-0.4, -0.2) is 0 Å². The van der Waals surface area contributed by atoms with Gasteiger partial charge in [0.2, 0.25) is 0 Å². The molecular weight excluding hydrogens is 343 g/mol. The van der Waals surface area contributed by atoms with Crippen molar-refractivity contribution < 1.29 is 4.39 Å². The Hall–Kier alpha value is -0.710. The maximum absolute atomic E-state index is 14.0. The molecule has 0 fully saturated rings. The van der Waals surface area contributed by atoms with Gasteiger partial charge in [-0.2, -0.15) is 0 Å². The van der Waals surface area contributed by atoms with Crippen molar-refractivity contribution in [3.63, 3.8) is 0 Å². The monoisotopic (exact) mass is 354 g/mol. The Morgan fingerprint density at radius 2 is 1.89 bits per heavy atom. The summed E-state index contributed by atoms with van der Waals surface area (Å²) in [6.45, 7) is 2.19. The molecule has 2 heterocycles. The van der Waals surface area contributed by atoms with E-state index in [1.54, 1.807) is 11.3 Å². The predicted octanol–water partition coefficient (Wildman–Crippen LogP) is 6.48. The van der Waals surface area contributed by atoms with Crippen molar-refractivity contribution in [3.05, 3.63) is 45.5 Å². The first-order valence-corrected chi connectivity index (χ1v) is 8.57. The third kappa shape index (κ3) is 2.62. The second kappa shape index (κ2) is 5.35. The molecule has 0 nitrogen and oxygen atoms in total. The topological polar surface area (TPSA) is 0 Å². The van der Waals surface area contributed by atoms with E-state index in [9.17, 15) is 4.39 Å². The molecular formula is C15H12BrFS2. The molecule has 3 rings (SSSR count). The summed E-state index contributed by atoms with van der Waals surface area (Å²) in [5, 5.41) is 0. The number of rotatable bonds is 3. The minimum atomic E-state index is -0.169. The third-order valence-corrected chi connectivity index (χ3v) is 5.83. The summed E-state index contributed by atoms with van der Waals surface area (Å²) in [4.78, 5) is 2.43. The number of benzene rings is 1. The van der Waals surface area contributed by atoms with Gasteiger partial charge in [0, 0.05) is 29.2 Å². The molecule has 0 aliphatic carbocycles. The summed E-state index contributed by atoms with van der Waals surface area (Å²) in [5.74, 6) is -0.169. The van der Waals surface area contributed by atoms with Crippen molar-refractivity contribution in [2.45, 2.75) is 19.8 Å². The number of hydrogen-bond acceptors (Lipinski definition) is 2. The van der Waals surface area contributed by atoms with Crippen LogP contribution in [0.2, 0.25) is 0 Å². The van der Waals surface area contributed by atoms with Crippen LogP contribution in [0.15, 0.2) is 34.8 Å². The molecule has 98 valence electrons. The van der Waals surface area contributed by atoms with E-state index in [2.05, 4.69) is 35.0 Å². The second-order valence-electron chi connectivity index (χ2n) is 4.43. The highest BCUT2D eigenvalue weighted by Gasteiger charge is 2.11. The number of halogens is 2. The molecule has 2 aromatic heterocycles. The van der Waals surface area contributed by atoms with E-state index < -0.39 is 0 Å². The zero-order chi connectivity index (χ0) is 13.4. The predicted molar refractivity (Wildman–Crippen MR) is 86.8 cm³/mol. The molecule has 19 heavy (non-hydrogen) atoms. The second-order valence-corrected chi connectivity index (χ2v) is 7.59. The Bertz CT molecular complexity index is 695. The van der Waals surface area contributed by atoms with Crippen LogP contribution in [0, 0.1) is 5.82 Å². The fraction of sp³-hybridized carbons (Fsp3) is 0.200. The lowest BCUT2D eigenvalue weighted by Gasteiger charge is -2.00. The van der Waals surface area contributed by atoms with Gasteiger partial charge in [0.05, 0.1) is 0 Å². The molecule has 0 aliphatic rings. The highest BCUT2D eigenvalue weighted by molar-refractivity contribution is 9.10. The Morgan fingerprint density at radius 3 is 2.58 bits per heavy atom. The first kappa shape index (κ1) is 13.3. The van der Waals surface area contributed by atoms with Crippen molar-refractivity contribution in [3.8, 4) is 10.4 Å². The van der Waals surface area contributed by atoms with E-state index >= 15 is 0 Å². The van der Waals surface area contributed by atoms with Crippen LogP contribution in [0.4, 0.5) is 4.39 Å². The summed E-state index contributed by atoms with van der Waals surface area (Å²) < 4.78 is 17.3.